The molecule has 0 amide bonds. The zero-order valence-corrected chi connectivity index (χ0v) is 15.9. The zero-order chi connectivity index (χ0) is 17.5. The SMILES string of the molecule is O=C(O)CCCC[C@@H]1CCSC(c2ccccc2)(c2ccccc2)S1. The molecule has 0 spiro atoms. The predicted molar refractivity (Wildman–Crippen MR) is 108 cm³/mol. The molecule has 3 rings (SSSR count). The minimum Gasteiger partial charge on any atom is -0.481 e. The molecule has 1 atom stereocenters. The van der Waals surface area contributed by atoms with Gasteiger partial charge in [0, 0.05) is 11.7 Å². The monoisotopic (exact) mass is 372 g/mol. The Bertz CT molecular complexity index is 633. The van der Waals surface area contributed by atoms with Crippen LogP contribution in [0, 0.1) is 0 Å². The Morgan fingerprint density at radius 3 is 2.16 bits per heavy atom. The molecule has 132 valence electrons. The number of carboxylic acid groups (broad SMARTS) is 1. The average Bonchev–Trinajstić information content (AvgIpc) is 2.67. The smallest absolute Gasteiger partial charge is 0.303 e. The van der Waals surface area contributed by atoms with Gasteiger partial charge in [0.1, 0.15) is 4.08 Å². The van der Waals surface area contributed by atoms with E-state index in [1.165, 1.54) is 17.5 Å². The second-order valence-corrected chi connectivity index (χ2v) is 9.45. The van der Waals surface area contributed by atoms with Gasteiger partial charge in [0.25, 0.3) is 0 Å². The maximum Gasteiger partial charge on any atom is 0.303 e. The lowest BCUT2D eigenvalue weighted by Crippen LogP contribution is -2.28. The van der Waals surface area contributed by atoms with Crippen LogP contribution in [0.1, 0.15) is 43.2 Å². The van der Waals surface area contributed by atoms with Crippen LogP contribution in [0.5, 0.6) is 0 Å². The molecule has 1 saturated heterocycles. The molecule has 0 saturated carbocycles. The summed E-state index contributed by atoms with van der Waals surface area (Å²) in [5, 5.41) is 9.40. The van der Waals surface area contributed by atoms with Crippen molar-refractivity contribution in [2.75, 3.05) is 5.75 Å². The van der Waals surface area contributed by atoms with Gasteiger partial charge in [-0.25, -0.2) is 0 Å². The highest BCUT2D eigenvalue weighted by atomic mass is 32.2. The fourth-order valence-corrected chi connectivity index (χ4v) is 7.21. The van der Waals surface area contributed by atoms with Gasteiger partial charge < -0.3 is 5.11 Å². The van der Waals surface area contributed by atoms with Gasteiger partial charge in [-0.15, -0.1) is 23.5 Å². The lowest BCUT2D eigenvalue weighted by molar-refractivity contribution is -0.137. The zero-order valence-electron chi connectivity index (χ0n) is 14.3. The van der Waals surface area contributed by atoms with Crippen molar-refractivity contribution in [2.45, 2.75) is 41.4 Å². The molecule has 1 fully saturated rings. The maximum absolute atomic E-state index is 10.7. The van der Waals surface area contributed by atoms with Crippen molar-refractivity contribution in [3.05, 3.63) is 71.8 Å². The minimum absolute atomic E-state index is 0.0573. The Labute approximate surface area is 158 Å². The minimum atomic E-state index is -0.685. The van der Waals surface area contributed by atoms with Gasteiger partial charge in [-0.1, -0.05) is 67.1 Å². The van der Waals surface area contributed by atoms with Crippen molar-refractivity contribution in [3.63, 3.8) is 0 Å². The first-order valence-electron chi connectivity index (χ1n) is 8.85. The van der Waals surface area contributed by atoms with E-state index in [9.17, 15) is 4.79 Å². The molecular weight excluding hydrogens is 348 g/mol. The van der Waals surface area contributed by atoms with E-state index < -0.39 is 5.97 Å². The number of carbonyl (C=O) groups is 1. The van der Waals surface area contributed by atoms with Crippen LogP contribution < -0.4 is 0 Å². The topological polar surface area (TPSA) is 37.3 Å². The summed E-state index contributed by atoms with van der Waals surface area (Å²) in [5.74, 6) is 0.454. The average molecular weight is 373 g/mol. The second kappa shape index (κ2) is 8.81. The Hall–Kier alpha value is -1.39. The van der Waals surface area contributed by atoms with Crippen molar-refractivity contribution in [2.24, 2.45) is 0 Å². The Kier molecular flexibility index (Phi) is 6.49. The number of aliphatic carboxylic acids is 1. The fraction of sp³-hybridized carbons (Fsp3) is 0.381. The Balaban J connectivity index is 1.79. The number of unbranched alkanes of at least 4 members (excludes halogenated alkanes) is 1. The summed E-state index contributed by atoms with van der Waals surface area (Å²) >= 11 is 4.09. The van der Waals surface area contributed by atoms with Crippen molar-refractivity contribution < 1.29 is 9.90 Å². The number of hydrogen-bond donors (Lipinski definition) is 1. The third-order valence-electron chi connectivity index (χ3n) is 4.55. The van der Waals surface area contributed by atoms with E-state index in [4.69, 9.17) is 5.11 Å². The summed E-state index contributed by atoms with van der Waals surface area (Å²) in [5.41, 5.74) is 2.71. The number of hydrogen-bond acceptors (Lipinski definition) is 3. The normalized spacial score (nSPS) is 19.4. The Morgan fingerprint density at radius 1 is 1.00 bits per heavy atom. The van der Waals surface area contributed by atoms with Gasteiger partial charge in [-0.2, -0.15) is 0 Å². The standard InChI is InChI=1S/C21H24O2S2/c22-20(23)14-8-7-13-19-15-16-24-21(25-19,17-9-3-1-4-10-17)18-11-5-2-6-12-18/h1-6,9-12,19H,7-8,13-16H2,(H,22,23)/t19-/m1/s1. The molecule has 1 heterocycles. The van der Waals surface area contributed by atoms with Crippen LogP contribution in [-0.2, 0) is 8.87 Å². The molecule has 2 aromatic carbocycles. The van der Waals surface area contributed by atoms with Crippen LogP contribution >= 0.6 is 23.5 Å². The molecule has 0 aliphatic carbocycles. The molecule has 1 aliphatic heterocycles. The molecule has 1 aliphatic rings. The van der Waals surface area contributed by atoms with Crippen LogP contribution in [0.3, 0.4) is 0 Å². The van der Waals surface area contributed by atoms with Gasteiger partial charge in [0.15, 0.2) is 0 Å². The third-order valence-corrected chi connectivity index (χ3v) is 8.12. The van der Waals surface area contributed by atoms with Crippen molar-refractivity contribution in [3.8, 4) is 0 Å². The summed E-state index contributed by atoms with van der Waals surface area (Å²) in [6.45, 7) is 0. The highest BCUT2D eigenvalue weighted by Gasteiger charge is 2.40. The fourth-order valence-electron chi connectivity index (χ4n) is 3.30. The summed E-state index contributed by atoms with van der Waals surface area (Å²) in [6.07, 6.45) is 4.36. The molecule has 2 nitrogen and oxygen atoms in total. The number of rotatable bonds is 7. The van der Waals surface area contributed by atoms with Gasteiger partial charge >= 0.3 is 5.97 Å². The second-order valence-electron chi connectivity index (χ2n) is 6.37. The van der Waals surface area contributed by atoms with E-state index in [2.05, 4.69) is 72.4 Å². The summed E-state index contributed by atoms with van der Waals surface area (Å²) in [6, 6.07) is 21.6. The van der Waals surface area contributed by atoms with Crippen molar-refractivity contribution in [1.29, 1.82) is 0 Å². The van der Waals surface area contributed by atoms with E-state index in [1.807, 2.05) is 11.8 Å². The molecule has 0 bridgehead atoms. The van der Waals surface area contributed by atoms with E-state index in [0.717, 1.165) is 25.0 Å². The largest absolute Gasteiger partial charge is 0.481 e. The number of carboxylic acids is 1. The van der Waals surface area contributed by atoms with E-state index in [0.29, 0.717) is 5.25 Å². The lowest BCUT2D eigenvalue weighted by Gasteiger charge is -2.41. The van der Waals surface area contributed by atoms with Gasteiger partial charge in [-0.3, -0.25) is 4.79 Å². The van der Waals surface area contributed by atoms with Crippen LogP contribution in [0.4, 0.5) is 0 Å². The molecule has 0 unspecified atom stereocenters. The van der Waals surface area contributed by atoms with Gasteiger partial charge in [0.05, 0.1) is 0 Å². The summed E-state index contributed by atoms with van der Waals surface area (Å²) in [4.78, 5) is 10.7. The highest BCUT2D eigenvalue weighted by molar-refractivity contribution is 8.18. The molecule has 0 radical (unpaired) electrons. The third kappa shape index (κ3) is 4.62. The summed E-state index contributed by atoms with van der Waals surface area (Å²) in [7, 11) is 0. The molecule has 25 heavy (non-hydrogen) atoms. The number of thioether (sulfide) groups is 2. The predicted octanol–water partition coefficient (Wildman–Crippen LogP) is 5.77. The van der Waals surface area contributed by atoms with Crippen LogP contribution in [0.25, 0.3) is 0 Å². The molecular formula is C21H24O2S2. The van der Waals surface area contributed by atoms with E-state index in [1.54, 1.807) is 0 Å². The lowest BCUT2D eigenvalue weighted by atomic mass is 10.0. The van der Waals surface area contributed by atoms with Crippen LogP contribution in [0.15, 0.2) is 60.7 Å². The van der Waals surface area contributed by atoms with Gasteiger partial charge in [-0.05, 0) is 36.1 Å². The molecule has 4 heteroatoms. The molecule has 2 aromatic rings. The first kappa shape index (κ1) is 18.4. The van der Waals surface area contributed by atoms with Crippen LogP contribution in [-0.4, -0.2) is 22.1 Å². The van der Waals surface area contributed by atoms with Crippen LogP contribution in [0.2, 0.25) is 0 Å². The van der Waals surface area contributed by atoms with E-state index in [-0.39, 0.29) is 10.5 Å². The van der Waals surface area contributed by atoms with Crippen molar-refractivity contribution in [1.82, 2.24) is 0 Å². The first-order chi connectivity index (χ1) is 12.2. The molecule has 0 aromatic heterocycles. The van der Waals surface area contributed by atoms with Crippen molar-refractivity contribution >= 4 is 29.5 Å². The van der Waals surface area contributed by atoms with Gasteiger partial charge in [0.2, 0.25) is 0 Å². The number of benzene rings is 2. The highest BCUT2D eigenvalue weighted by Crippen LogP contribution is 2.57. The summed E-state index contributed by atoms with van der Waals surface area (Å²) < 4.78 is -0.0573. The van der Waals surface area contributed by atoms with E-state index >= 15 is 0 Å². The molecule has 1 N–H and O–H groups in total. The maximum atomic E-state index is 10.7. The first-order valence-corrected chi connectivity index (χ1v) is 10.7. The quantitative estimate of drug-likeness (QED) is 0.626. The Morgan fingerprint density at radius 2 is 1.60 bits per heavy atom.